The van der Waals surface area contributed by atoms with E-state index in [2.05, 4.69) is 10.3 Å². The Hall–Kier alpha value is -2.99. The number of aliphatic hydroxyl groups excluding tert-OH is 1. The van der Waals surface area contributed by atoms with E-state index in [1.54, 1.807) is 18.2 Å². The van der Waals surface area contributed by atoms with Crippen LogP contribution in [0.2, 0.25) is 0 Å². The second-order valence-corrected chi connectivity index (χ2v) is 5.76. The van der Waals surface area contributed by atoms with E-state index >= 15 is 0 Å². The average molecular weight is 337 g/mol. The Labute approximate surface area is 144 Å². The lowest BCUT2D eigenvalue weighted by molar-refractivity contribution is -0.121. The molecule has 6 heteroatoms. The number of carbonyl (C=O) groups is 1. The molecule has 1 aromatic heterocycles. The lowest BCUT2D eigenvalue weighted by atomic mass is 10.1. The van der Waals surface area contributed by atoms with Crippen LogP contribution in [0.15, 0.2) is 65.7 Å². The number of para-hydroxylation sites is 1. The van der Waals surface area contributed by atoms with Crippen molar-refractivity contribution < 1.29 is 9.90 Å². The summed E-state index contributed by atoms with van der Waals surface area (Å²) in [5.74, 6) is -0.292. The third-order valence-electron chi connectivity index (χ3n) is 3.97. The molecule has 0 aliphatic heterocycles. The number of carbonyl (C=O) groups excluding carboxylic acids is 1. The first-order valence-electron chi connectivity index (χ1n) is 8.09. The molecule has 1 amide bonds. The summed E-state index contributed by atoms with van der Waals surface area (Å²) in [6.07, 6.45) is 1.15. The van der Waals surface area contributed by atoms with Gasteiger partial charge in [0, 0.05) is 6.54 Å². The van der Waals surface area contributed by atoms with Gasteiger partial charge in [0.1, 0.15) is 6.54 Å². The standard InChI is InChI=1S/C19H19N3O3/c23-17(14-6-2-1-3-7-14)10-11-20-18(24)12-22-13-21-16-9-5-4-8-15(16)19(22)25/h1-9,13,17,23H,10-12H2,(H,20,24). The first-order valence-corrected chi connectivity index (χ1v) is 8.09. The lowest BCUT2D eigenvalue weighted by Crippen LogP contribution is -2.33. The molecule has 0 aliphatic carbocycles. The van der Waals surface area contributed by atoms with Gasteiger partial charge in [-0.2, -0.15) is 0 Å². The number of hydrogen-bond acceptors (Lipinski definition) is 4. The minimum atomic E-state index is -0.633. The first kappa shape index (κ1) is 16.9. The molecule has 25 heavy (non-hydrogen) atoms. The summed E-state index contributed by atoms with van der Waals surface area (Å²) in [4.78, 5) is 28.6. The largest absolute Gasteiger partial charge is 0.388 e. The maximum atomic E-state index is 12.3. The number of fused-ring (bicyclic) bond motifs is 1. The van der Waals surface area contributed by atoms with Gasteiger partial charge in [-0.05, 0) is 24.1 Å². The smallest absolute Gasteiger partial charge is 0.261 e. The minimum Gasteiger partial charge on any atom is -0.388 e. The molecule has 0 radical (unpaired) electrons. The van der Waals surface area contributed by atoms with Crippen molar-refractivity contribution in [3.63, 3.8) is 0 Å². The Morgan fingerprint density at radius 3 is 2.64 bits per heavy atom. The second-order valence-electron chi connectivity index (χ2n) is 5.76. The van der Waals surface area contributed by atoms with Crippen LogP contribution in [-0.2, 0) is 11.3 Å². The molecule has 6 nitrogen and oxygen atoms in total. The second kappa shape index (κ2) is 7.72. The number of aromatic nitrogens is 2. The highest BCUT2D eigenvalue weighted by molar-refractivity contribution is 5.78. The van der Waals surface area contributed by atoms with Crippen LogP contribution in [0.3, 0.4) is 0 Å². The zero-order valence-electron chi connectivity index (χ0n) is 13.6. The predicted octanol–water partition coefficient (Wildman–Crippen LogP) is 1.64. The summed E-state index contributed by atoms with van der Waals surface area (Å²) >= 11 is 0. The van der Waals surface area contributed by atoms with E-state index in [4.69, 9.17) is 0 Å². The summed E-state index contributed by atoms with van der Waals surface area (Å²) in [6.45, 7) is 0.225. The molecule has 1 unspecified atom stereocenters. The summed E-state index contributed by atoms with van der Waals surface area (Å²) in [5.41, 5.74) is 1.17. The predicted molar refractivity (Wildman–Crippen MR) is 95.0 cm³/mol. The third-order valence-corrected chi connectivity index (χ3v) is 3.97. The van der Waals surface area contributed by atoms with Gasteiger partial charge in [-0.3, -0.25) is 14.2 Å². The topological polar surface area (TPSA) is 84.2 Å². The van der Waals surface area contributed by atoms with E-state index in [9.17, 15) is 14.7 Å². The molecule has 0 saturated heterocycles. The molecule has 2 N–H and O–H groups in total. The number of nitrogens with zero attached hydrogens (tertiary/aromatic N) is 2. The average Bonchev–Trinajstić information content (AvgIpc) is 2.65. The fraction of sp³-hybridized carbons (Fsp3) is 0.211. The van der Waals surface area contributed by atoms with Crippen molar-refractivity contribution in [2.45, 2.75) is 19.1 Å². The monoisotopic (exact) mass is 337 g/mol. The fourth-order valence-corrected chi connectivity index (χ4v) is 2.62. The van der Waals surface area contributed by atoms with Gasteiger partial charge in [0.05, 0.1) is 23.3 Å². The molecule has 0 saturated carbocycles. The summed E-state index contributed by atoms with van der Waals surface area (Å²) in [6, 6.07) is 16.3. The van der Waals surface area contributed by atoms with Crippen molar-refractivity contribution in [1.29, 1.82) is 0 Å². The van der Waals surface area contributed by atoms with Crippen LogP contribution in [0.4, 0.5) is 0 Å². The van der Waals surface area contributed by atoms with Crippen LogP contribution in [0, 0.1) is 0 Å². The number of rotatable bonds is 6. The van der Waals surface area contributed by atoms with Gasteiger partial charge in [0.25, 0.3) is 5.56 Å². The van der Waals surface area contributed by atoms with Crippen molar-refractivity contribution in [3.05, 3.63) is 76.8 Å². The van der Waals surface area contributed by atoms with E-state index in [0.717, 1.165) is 5.56 Å². The van der Waals surface area contributed by atoms with Crippen LogP contribution in [0.25, 0.3) is 10.9 Å². The quantitative estimate of drug-likeness (QED) is 0.716. The van der Waals surface area contributed by atoms with Crippen molar-refractivity contribution in [1.82, 2.24) is 14.9 Å². The van der Waals surface area contributed by atoms with E-state index in [1.807, 2.05) is 36.4 Å². The van der Waals surface area contributed by atoms with Crippen LogP contribution in [-0.4, -0.2) is 27.1 Å². The molecule has 3 rings (SSSR count). The van der Waals surface area contributed by atoms with Crippen LogP contribution in [0.5, 0.6) is 0 Å². The van der Waals surface area contributed by atoms with E-state index in [0.29, 0.717) is 23.9 Å². The molecule has 0 fully saturated rings. The maximum Gasteiger partial charge on any atom is 0.261 e. The van der Waals surface area contributed by atoms with E-state index < -0.39 is 6.10 Å². The molecule has 128 valence electrons. The Bertz CT molecular complexity index is 922. The number of aliphatic hydroxyl groups is 1. The molecule has 0 bridgehead atoms. The highest BCUT2D eigenvalue weighted by Crippen LogP contribution is 2.14. The van der Waals surface area contributed by atoms with Gasteiger partial charge < -0.3 is 10.4 Å². The molecule has 0 aliphatic rings. The summed E-state index contributed by atoms with van der Waals surface area (Å²) in [5, 5.41) is 13.3. The van der Waals surface area contributed by atoms with Crippen LogP contribution in [0.1, 0.15) is 18.1 Å². The van der Waals surface area contributed by atoms with Gasteiger partial charge in [0.2, 0.25) is 5.91 Å². The van der Waals surface area contributed by atoms with Crippen molar-refractivity contribution in [2.75, 3.05) is 6.54 Å². The van der Waals surface area contributed by atoms with Gasteiger partial charge in [-0.15, -0.1) is 0 Å². The van der Waals surface area contributed by atoms with Crippen molar-refractivity contribution >= 4 is 16.8 Å². The normalized spacial score (nSPS) is 12.0. The molecule has 1 heterocycles. The molecular formula is C19H19N3O3. The lowest BCUT2D eigenvalue weighted by Gasteiger charge is -2.12. The van der Waals surface area contributed by atoms with E-state index in [-0.39, 0.29) is 18.0 Å². The number of benzene rings is 2. The molecular weight excluding hydrogens is 318 g/mol. The van der Waals surface area contributed by atoms with E-state index in [1.165, 1.54) is 10.9 Å². The Kier molecular flexibility index (Phi) is 5.20. The zero-order valence-corrected chi connectivity index (χ0v) is 13.6. The minimum absolute atomic E-state index is 0.0991. The Morgan fingerprint density at radius 1 is 1.12 bits per heavy atom. The van der Waals surface area contributed by atoms with Crippen LogP contribution < -0.4 is 10.9 Å². The summed E-state index contributed by atoms with van der Waals surface area (Å²) in [7, 11) is 0. The van der Waals surface area contributed by atoms with Crippen molar-refractivity contribution in [2.24, 2.45) is 0 Å². The van der Waals surface area contributed by atoms with Gasteiger partial charge in [0.15, 0.2) is 0 Å². The van der Waals surface area contributed by atoms with Crippen molar-refractivity contribution in [3.8, 4) is 0 Å². The first-order chi connectivity index (χ1) is 12.1. The Balaban J connectivity index is 1.56. The number of nitrogens with one attached hydrogen (secondary N) is 1. The highest BCUT2D eigenvalue weighted by Gasteiger charge is 2.10. The molecule has 1 atom stereocenters. The van der Waals surface area contributed by atoms with Gasteiger partial charge >= 0.3 is 0 Å². The highest BCUT2D eigenvalue weighted by atomic mass is 16.3. The number of hydrogen-bond donors (Lipinski definition) is 2. The summed E-state index contributed by atoms with van der Waals surface area (Å²) < 4.78 is 1.28. The SMILES string of the molecule is O=C(Cn1cnc2ccccc2c1=O)NCCC(O)c1ccccc1. The zero-order chi connectivity index (χ0) is 17.6. The molecule has 3 aromatic rings. The van der Waals surface area contributed by atoms with Gasteiger partial charge in [-0.1, -0.05) is 42.5 Å². The maximum absolute atomic E-state index is 12.3. The Morgan fingerprint density at radius 2 is 1.84 bits per heavy atom. The molecule has 0 spiro atoms. The van der Waals surface area contributed by atoms with Crippen LogP contribution >= 0.6 is 0 Å². The number of amides is 1. The van der Waals surface area contributed by atoms with Gasteiger partial charge in [-0.25, -0.2) is 4.98 Å². The third kappa shape index (κ3) is 4.10. The fourth-order valence-electron chi connectivity index (χ4n) is 2.62. The molecule has 2 aromatic carbocycles.